The van der Waals surface area contributed by atoms with E-state index >= 15 is 0 Å². The van der Waals surface area contributed by atoms with Gasteiger partial charge in [-0.15, -0.1) is 0 Å². The Morgan fingerprint density at radius 3 is 2.34 bits per heavy atom. The van der Waals surface area contributed by atoms with Crippen LogP contribution >= 0.6 is 0 Å². The monoisotopic (exact) mass is 402 g/mol. The average molecular weight is 402 g/mol. The summed E-state index contributed by atoms with van der Waals surface area (Å²) < 4.78 is 50.4. The quantitative estimate of drug-likeness (QED) is 0.653. The summed E-state index contributed by atoms with van der Waals surface area (Å²) in [5.74, 6) is 1.41. The van der Waals surface area contributed by atoms with Gasteiger partial charge in [-0.2, -0.15) is 13.2 Å². The minimum atomic E-state index is -4.38. The van der Waals surface area contributed by atoms with Crippen LogP contribution in [0.5, 0.6) is 11.5 Å². The fraction of sp³-hybridized carbons (Fsp3) is 0.238. The Balaban J connectivity index is 1.80. The number of hydrogen-bond acceptors (Lipinski definition) is 4. The van der Waals surface area contributed by atoms with E-state index in [0.29, 0.717) is 46.8 Å². The lowest BCUT2D eigenvalue weighted by atomic mass is 10.1. The predicted molar refractivity (Wildman–Crippen MR) is 103 cm³/mol. The van der Waals surface area contributed by atoms with Gasteiger partial charge in [0, 0.05) is 12.6 Å². The molecular weight excluding hydrogens is 385 g/mol. The molecule has 0 radical (unpaired) electrons. The topological polar surface area (TPSA) is 53.4 Å². The molecular formula is C21H17F3N2O3. The van der Waals surface area contributed by atoms with Gasteiger partial charge in [-0.3, -0.25) is 9.36 Å². The first-order valence-electron chi connectivity index (χ1n) is 8.86. The van der Waals surface area contributed by atoms with Crippen molar-refractivity contribution in [1.29, 1.82) is 0 Å². The second kappa shape index (κ2) is 6.95. The number of benzene rings is 2. The van der Waals surface area contributed by atoms with Gasteiger partial charge in [0.15, 0.2) is 11.5 Å². The van der Waals surface area contributed by atoms with Crippen LogP contribution in [0.15, 0.2) is 41.2 Å². The first-order valence-corrected chi connectivity index (χ1v) is 8.86. The number of methoxy groups -OCH3 is 2. The van der Waals surface area contributed by atoms with Crippen molar-refractivity contribution >= 4 is 22.6 Å². The third kappa shape index (κ3) is 3.35. The van der Waals surface area contributed by atoms with Crippen molar-refractivity contribution in [2.24, 2.45) is 0 Å². The van der Waals surface area contributed by atoms with Gasteiger partial charge in [-0.05, 0) is 41.8 Å². The highest BCUT2D eigenvalue weighted by Crippen LogP contribution is 2.33. The molecule has 2 aromatic carbocycles. The van der Waals surface area contributed by atoms with Crippen LogP contribution in [0, 0.1) is 0 Å². The molecule has 0 bridgehead atoms. The highest BCUT2D eigenvalue weighted by Gasteiger charge is 2.30. The van der Waals surface area contributed by atoms with E-state index in [1.54, 1.807) is 22.8 Å². The summed E-state index contributed by atoms with van der Waals surface area (Å²) in [6.45, 7) is 0.456. The highest BCUT2D eigenvalue weighted by molar-refractivity contribution is 5.86. The third-order valence-electron chi connectivity index (χ3n) is 4.93. The second-order valence-corrected chi connectivity index (χ2v) is 6.66. The number of rotatable bonds is 3. The zero-order chi connectivity index (χ0) is 20.8. The van der Waals surface area contributed by atoms with E-state index in [1.165, 1.54) is 26.4 Å². The molecule has 150 valence electrons. The number of halogens is 3. The summed E-state index contributed by atoms with van der Waals surface area (Å²) in [4.78, 5) is 17.5. The van der Waals surface area contributed by atoms with Gasteiger partial charge in [-0.25, -0.2) is 4.98 Å². The maximum absolute atomic E-state index is 12.9. The number of allylic oxidation sites excluding steroid dienone is 1. The molecule has 0 unspecified atom stereocenters. The lowest BCUT2D eigenvalue weighted by Gasteiger charge is -2.10. The van der Waals surface area contributed by atoms with Crippen molar-refractivity contribution in [3.8, 4) is 11.5 Å². The standard InChI is InChI=1S/C21H17F3N2O3/c1-28-17-10-15-16(11-18(17)29-2)25-19-13(7-8-26(19)20(15)27)9-12-3-5-14(6-4-12)21(22,23)24/h3-6,9-11H,7-8H2,1-2H3/b13-9+. The molecule has 8 heteroatoms. The lowest BCUT2D eigenvalue weighted by molar-refractivity contribution is -0.137. The molecule has 0 fully saturated rings. The largest absolute Gasteiger partial charge is 0.493 e. The Bertz CT molecular complexity index is 1180. The number of alkyl halides is 3. The fourth-order valence-corrected chi connectivity index (χ4v) is 3.45. The van der Waals surface area contributed by atoms with Gasteiger partial charge in [0.25, 0.3) is 5.56 Å². The van der Waals surface area contributed by atoms with Crippen LogP contribution in [0.4, 0.5) is 13.2 Å². The fourth-order valence-electron chi connectivity index (χ4n) is 3.45. The van der Waals surface area contributed by atoms with E-state index in [2.05, 4.69) is 4.98 Å². The maximum Gasteiger partial charge on any atom is 0.416 e. The number of hydrogen-bond donors (Lipinski definition) is 0. The normalized spacial score (nSPS) is 15.0. The average Bonchev–Trinajstić information content (AvgIpc) is 3.09. The molecule has 0 saturated heterocycles. The highest BCUT2D eigenvalue weighted by atomic mass is 19.4. The van der Waals surface area contributed by atoms with Crippen molar-refractivity contribution in [3.63, 3.8) is 0 Å². The summed E-state index contributed by atoms with van der Waals surface area (Å²) in [5.41, 5.74) is 0.982. The van der Waals surface area contributed by atoms with Gasteiger partial charge in [0.1, 0.15) is 5.82 Å². The van der Waals surface area contributed by atoms with Gasteiger partial charge in [0.05, 0.1) is 30.7 Å². The molecule has 29 heavy (non-hydrogen) atoms. The van der Waals surface area contributed by atoms with Gasteiger partial charge in [-0.1, -0.05) is 12.1 Å². The molecule has 4 rings (SSSR count). The molecule has 5 nitrogen and oxygen atoms in total. The summed E-state index contributed by atoms with van der Waals surface area (Å²) >= 11 is 0. The first kappa shape index (κ1) is 19.0. The Morgan fingerprint density at radius 2 is 1.72 bits per heavy atom. The molecule has 2 heterocycles. The summed E-state index contributed by atoms with van der Waals surface area (Å²) in [7, 11) is 2.99. The van der Waals surface area contributed by atoms with E-state index in [4.69, 9.17) is 9.47 Å². The molecule has 1 aliphatic heterocycles. The molecule has 0 saturated carbocycles. The molecule has 0 spiro atoms. The third-order valence-corrected chi connectivity index (χ3v) is 4.93. The van der Waals surface area contributed by atoms with Crippen LogP contribution in [0.3, 0.4) is 0 Å². The maximum atomic E-state index is 12.9. The Hall–Kier alpha value is -3.29. The molecule has 0 aliphatic carbocycles. The van der Waals surface area contributed by atoms with Crippen LogP contribution < -0.4 is 15.0 Å². The second-order valence-electron chi connectivity index (χ2n) is 6.66. The smallest absolute Gasteiger partial charge is 0.416 e. The molecule has 0 atom stereocenters. The van der Waals surface area contributed by atoms with Crippen LogP contribution in [0.25, 0.3) is 22.6 Å². The van der Waals surface area contributed by atoms with Crippen LogP contribution in [-0.2, 0) is 12.7 Å². The van der Waals surface area contributed by atoms with Crippen molar-refractivity contribution in [3.05, 3.63) is 63.7 Å². The zero-order valence-electron chi connectivity index (χ0n) is 15.7. The molecule has 1 aliphatic rings. The predicted octanol–water partition coefficient (Wildman–Crippen LogP) is 4.38. The Kier molecular flexibility index (Phi) is 4.56. The summed E-state index contributed by atoms with van der Waals surface area (Å²) in [6, 6.07) is 8.15. The minimum Gasteiger partial charge on any atom is -0.493 e. The zero-order valence-corrected chi connectivity index (χ0v) is 15.7. The van der Waals surface area contributed by atoms with Crippen LogP contribution in [0.2, 0.25) is 0 Å². The SMILES string of the molecule is COc1cc2nc3n(c(=O)c2cc1OC)CC/C3=C\c1ccc(C(F)(F)F)cc1. The minimum absolute atomic E-state index is 0.193. The number of fused-ring (bicyclic) bond motifs is 2. The molecule has 0 amide bonds. The van der Waals surface area contributed by atoms with Crippen molar-refractivity contribution in [2.75, 3.05) is 14.2 Å². The lowest BCUT2D eigenvalue weighted by Crippen LogP contribution is -2.20. The van der Waals surface area contributed by atoms with E-state index in [9.17, 15) is 18.0 Å². The number of nitrogens with zero attached hydrogens (tertiary/aromatic N) is 2. The Labute approximate surface area is 164 Å². The van der Waals surface area contributed by atoms with Crippen molar-refractivity contribution in [2.45, 2.75) is 19.1 Å². The van der Waals surface area contributed by atoms with Gasteiger partial charge < -0.3 is 9.47 Å². The molecule has 1 aromatic heterocycles. The molecule has 0 N–H and O–H groups in total. The Morgan fingerprint density at radius 1 is 1.07 bits per heavy atom. The van der Waals surface area contributed by atoms with Crippen LogP contribution in [0.1, 0.15) is 23.4 Å². The van der Waals surface area contributed by atoms with E-state index < -0.39 is 11.7 Å². The van der Waals surface area contributed by atoms with Crippen molar-refractivity contribution in [1.82, 2.24) is 9.55 Å². The van der Waals surface area contributed by atoms with E-state index in [-0.39, 0.29) is 5.56 Å². The number of aromatic nitrogens is 2. The van der Waals surface area contributed by atoms with Gasteiger partial charge in [0.2, 0.25) is 0 Å². The van der Waals surface area contributed by atoms with Crippen molar-refractivity contribution < 1.29 is 22.6 Å². The molecule has 3 aromatic rings. The van der Waals surface area contributed by atoms with Crippen LogP contribution in [-0.4, -0.2) is 23.8 Å². The number of ether oxygens (including phenoxy) is 2. The summed E-state index contributed by atoms with van der Waals surface area (Å²) in [6.07, 6.45) is -2.05. The van der Waals surface area contributed by atoms with E-state index in [0.717, 1.165) is 17.7 Å². The van der Waals surface area contributed by atoms with Gasteiger partial charge >= 0.3 is 6.18 Å². The van der Waals surface area contributed by atoms with E-state index in [1.807, 2.05) is 0 Å². The summed E-state index contributed by atoms with van der Waals surface area (Å²) in [5, 5.41) is 0.419. The first-order chi connectivity index (χ1) is 13.8.